The molecule has 2 aromatic carbocycles. The molecule has 0 unspecified atom stereocenters. The second-order valence-corrected chi connectivity index (χ2v) is 5.43. The quantitative estimate of drug-likeness (QED) is 0.903. The lowest BCUT2D eigenvalue weighted by Gasteiger charge is -2.15. The second kappa shape index (κ2) is 6.24. The van der Waals surface area contributed by atoms with E-state index < -0.39 is 6.10 Å². The van der Waals surface area contributed by atoms with E-state index in [1.165, 1.54) is 0 Å². The van der Waals surface area contributed by atoms with E-state index in [-0.39, 0.29) is 18.4 Å². The fourth-order valence-corrected chi connectivity index (χ4v) is 2.62. The molecule has 1 aliphatic rings. The monoisotopic (exact) mass is 285 g/mol. The standard InChI is InChI=1S/C17H19NO3/c19-16(10-18-17(20)15-7-8-21-11-15)14-6-5-12-3-1-2-4-13(12)9-14/h1-6,9,15-16,19H,7-8,10-11H2,(H,18,20)/t15-,16+/m1/s1. The van der Waals surface area contributed by atoms with Gasteiger partial charge in [0.2, 0.25) is 5.91 Å². The number of aliphatic hydroxyl groups is 1. The van der Waals surface area contributed by atoms with Gasteiger partial charge in [0.05, 0.1) is 18.6 Å². The summed E-state index contributed by atoms with van der Waals surface area (Å²) in [4.78, 5) is 11.9. The van der Waals surface area contributed by atoms with Crippen LogP contribution in [-0.2, 0) is 9.53 Å². The maximum atomic E-state index is 11.9. The van der Waals surface area contributed by atoms with E-state index in [4.69, 9.17) is 4.74 Å². The first-order valence-electron chi connectivity index (χ1n) is 7.26. The minimum Gasteiger partial charge on any atom is -0.387 e. The van der Waals surface area contributed by atoms with Crippen molar-refractivity contribution in [3.05, 3.63) is 48.0 Å². The third-order valence-corrected chi connectivity index (χ3v) is 3.93. The molecule has 2 atom stereocenters. The van der Waals surface area contributed by atoms with Crippen molar-refractivity contribution in [1.82, 2.24) is 5.32 Å². The molecule has 0 bridgehead atoms. The van der Waals surface area contributed by atoms with Gasteiger partial charge in [-0.25, -0.2) is 0 Å². The van der Waals surface area contributed by atoms with Gasteiger partial charge in [-0.2, -0.15) is 0 Å². The number of nitrogens with one attached hydrogen (secondary N) is 1. The molecule has 0 radical (unpaired) electrons. The Labute approximate surface area is 123 Å². The summed E-state index contributed by atoms with van der Waals surface area (Å²) in [6.07, 6.45) is 0.0682. The maximum absolute atomic E-state index is 11.9. The van der Waals surface area contributed by atoms with Crippen molar-refractivity contribution in [2.45, 2.75) is 12.5 Å². The topological polar surface area (TPSA) is 58.6 Å². The Morgan fingerprint density at radius 1 is 1.29 bits per heavy atom. The number of amides is 1. The highest BCUT2D eigenvalue weighted by atomic mass is 16.5. The van der Waals surface area contributed by atoms with Gasteiger partial charge in [0.15, 0.2) is 0 Å². The summed E-state index contributed by atoms with van der Waals surface area (Å²) in [6, 6.07) is 13.9. The largest absolute Gasteiger partial charge is 0.387 e. The van der Waals surface area contributed by atoms with E-state index >= 15 is 0 Å². The fraction of sp³-hybridized carbons (Fsp3) is 0.353. The van der Waals surface area contributed by atoms with Gasteiger partial charge in [-0.05, 0) is 28.8 Å². The first-order chi connectivity index (χ1) is 10.2. The molecule has 110 valence electrons. The normalized spacial score (nSPS) is 19.6. The summed E-state index contributed by atoms with van der Waals surface area (Å²) in [5.41, 5.74) is 0.816. The Balaban J connectivity index is 1.63. The van der Waals surface area contributed by atoms with E-state index in [9.17, 15) is 9.90 Å². The molecule has 1 amide bonds. The molecule has 21 heavy (non-hydrogen) atoms. The van der Waals surface area contributed by atoms with E-state index in [0.717, 1.165) is 22.8 Å². The summed E-state index contributed by atoms with van der Waals surface area (Å²) in [6.45, 7) is 1.36. The molecule has 4 nitrogen and oxygen atoms in total. The highest BCUT2D eigenvalue weighted by molar-refractivity contribution is 5.83. The molecule has 1 saturated heterocycles. The average Bonchev–Trinajstić information content (AvgIpc) is 3.06. The smallest absolute Gasteiger partial charge is 0.225 e. The molecule has 1 fully saturated rings. The van der Waals surface area contributed by atoms with Crippen LogP contribution in [0.4, 0.5) is 0 Å². The van der Waals surface area contributed by atoms with Gasteiger partial charge in [0.25, 0.3) is 0 Å². The van der Waals surface area contributed by atoms with Gasteiger partial charge in [-0.3, -0.25) is 4.79 Å². The van der Waals surface area contributed by atoms with Crippen molar-refractivity contribution in [3.63, 3.8) is 0 Å². The van der Waals surface area contributed by atoms with E-state index in [1.54, 1.807) is 0 Å². The van der Waals surface area contributed by atoms with Gasteiger partial charge in [-0.1, -0.05) is 36.4 Å². The number of rotatable bonds is 4. The molecule has 1 heterocycles. The highest BCUT2D eigenvalue weighted by Crippen LogP contribution is 2.20. The Bertz CT molecular complexity index is 635. The van der Waals surface area contributed by atoms with Crippen molar-refractivity contribution in [2.75, 3.05) is 19.8 Å². The molecule has 4 heteroatoms. The van der Waals surface area contributed by atoms with Crippen LogP contribution in [0.3, 0.4) is 0 Å². The third-order valence-electron chi connectivity index (χ3n) is 3.93. The Hall–Kier alpha value is -1.91. The molecule has 1 aliphatic heterocycles. The highest BCUT2D eigenvalue weighted by Gasteiger charge is 2.23. The third kappa shape index (κ3) is 3.23. The summed E-state index contributed by atoms with van der Waals surface area (Å²) in [5, 5.41) is 15.3. The summed E-state index contributed by atoms with van der Waals surface area (Å²) < 4.78 is 5.19. The second-order valence-electron chi connectivity index (χ2n) is 5.43. The van der Waals surface area contributed by atoms with Crippen molar-refractivity contribution >= 4 is 16.7 Å². The van der Waals surface area contributed by atoms with Crippen LogP contribution in [0.25, 0.3) is 10.8 Å². The SMILES string of the molecule is O=C(NC[C@H](O)c1ccc2ccccc2c1)[C@@H]1CCOC1. The van der Waals surface area contributed by atoms with Crippen LogP contribution in [0.1, 0.15) is 18.1 Å². The lowest BCUT2D eigenvalue weighted by Crippen LogP contribution is -2.34. The Morgan fingerprint density at radius 3 is 2.86 bits per heavy atom. The lowest BCUT2D eigenvalue weighted by atomic mass is 10.0. The zero-order chi connectivity index (χ0) is 14.7. The number of fused-ring (bicyclic) bond motifs is 1. The Morgan fingerprint density at radius 2 is 2.10 bits per heavy atom. The number of carbonyl (C=O) groups excluding carboxylic acids is 1. The van der Waals surface area contributed by atoms with Gasteiger partial charge in [0.1, 0.15) is 0 Å². The molecule has 0 saturated carbocycles. The van der Waals surface area contributed by atoms with Gasteiger partial charge in [-0.15, -0.1) is 0 Å². The minimum absolute atomic E-state index is 0.0349. The van der Waals surface area contributed by atoms with Crippen molar-refractivity contribution < 1.29 is 14.6 Å². The van der Waals surface area contributed by atoms with Gasteiger partial charge in [0, 0.05) is 13.2 Å². The van der Waals surface area contributed by atoms with E-state index in [2.05, 4.69) is 5.32 Å². The molecule has 0 aromatic heterocycles. The first kappa shape index (κ1) is 14.0. The predicted octanol–water partition coefficient (Wildman–Crippen LogP) is 2.03. The molecular formula is C17H19NO3. The minimum atomic E-state index is -0.694. The van der Waals surface area contributed by atoms with Gasteiger partial charge < -0.3 is 15.2 Å². The molecule has 2 aromatic rings. The molecule has 0 aliphatic carbocycles. The van der Waals surface area contributed by atoms with Crippen LogP contribution in [-0.4, -0.2) is 30.8 Å². The number of hydrogen-bond donors (Lipinski definition) is 2. The van der Waals surface area contributed by atoms with Gasteiger partial charge >= 0.3 is 0 Å². The van der Waals surface area contributed by atoms with Crippen molar-refractivity contribution in [1.29, 1.82) is 0 Å². The van der Waals surface area contributed by atoms with Crippen molar-refractivity contribution in [3.8, 4) is 0 Å². The number of benzene rings is 2. The predicted molar refractivity (Wildman–Crippen MR) is 80.8 cm³/mol. The zero-order valence-corrected chi connectivity index (χ0v) is 11.8. The van der Waals surface area contributed by atoms with E-state index in [1.807, 2.05) is 42.5 Å². The summed E-state index contributed by atoms with van der Waals surface area (Å²) >= 11 is 0. The number of hydrogen-bond acceptors (Lipinski definition) is 3. The first-order valence-corrected chi connectivity index (χ1v) is 7.26. The fourth-order valence-electron chi connectivity index (χ4n) is 2.62. The number of ether oxygens (including phenoxy) is 1. The molecule has 0 spiro atoms. The lowest BCUT2D eigenvalue weighted by molar-refractivity contribution is -0.125. The van der Waals surface area contributed by atoms with Crippen LogP contribution in [0.5, 0.6) is 0 Å². The number of aliphatic hydroxyl groups excluding tert-OH is 1. The summed E-state index contributed by atoms with van der Waals surface area (Å²) in [7, 11) is 0. The number of carbonyl (C=O) groups is 1. The molecule has 2 N–H and O–H groups in total. The summed E-state index contributed by atoms with van der Waals surface area (Å²) in [5.74, 6) is -0.110. The Kier molecular flexibility index (Phi) is 4.18. The van der Waals surface area contributed by atoms with Crippen LogP contribution in [0, 0.1) is 5.92 Å². The van der Waals surface area contributed by atoms with Crippen LogP contribution in [0.15, 0.2) is 42.5 Å². The van der Waals surface area contributed by atoms with Crippen molar-refractivity contribution in [2.24, 2.45) is 5.92 Å². The van der Waals surface area contributed by atoms with Crippen LogP contribution >= 0.6 is 0 Å². The average molecular weight is 285 g/mol. The van der Waals surface area contributed by atoms with Crippen LogP contribution < -0.4 is 5.32 Å². The van der Waals surface area contributed by atoms with Crippen LogP contribution in [0.2, 0.25) is 0 Å². The van der Waals surface area contributed by atoms with E-state index in [0.29, 0.717) is 13.2 Å². The molecule has 3 rings (SSSR count). The zero-order valence-electron chi connectivity index (χ0n) is 11.8. The molecular weight excluding hydrogens is 266 g/mol. The maximum Gasteiger partial charge on any atom is 0.225 e.